The minimum Gasteiger partial charge on any atom is -0.353 e. The number of piperazine rings is 1. The van der Waals surface area contributed by atoms with Crippen LogP contribution in [0.15, 0.2) is 30.5 Å². The molecule has 0 N–H and O–H groups in total. The Labute approximate surface area is 155 Å². The summed E-state index contributed by atoms with van der Waals surface area (Å²) >= 11 is 0. The Morgan fingerprint density at radius 1 is 1.19 bits per heavy atom. The minimum absolute atomic E-state index is 0.205. The van der Waals surface area contributed by atoms with Crippen LogP contribution < -0.4 is 4.90 Å². The van der Waals surface area contributed by atoms with Crippen LogP contribution in [0.5, 0.6) is 0 Å². The number of likely N-dealkylation sites (N-methyl/N-ethyl adjacent to an activating group) is 1. The predicted octanol–water partition coefficient (Wildman–Crippen LogP) is 2.69. The molecule has 0 bridgehead atoms. The topological polar surface area (TPSA) is 39.7 Å². The summed E-state index contributed by atoms with van der Waals surface area (Å²) in [5.41, 5.74) is 0. The van der Waals surface area contributed by atoms with E-state index in [1.807, 2.05) is 4.90 Å². The summed E-state index contributed by atoms with van der Waals surface area (Å²) in [6.45, 7) is 3.35. The number of anilines is 1. The van der Waals surface area contributed by atoms with E-state index in [0.29, 0.717) is 25.7 Å². The number of pyridine rings is 1. The van der Waals surface area contributed by atoms with Crippen LogP contribution in [0.1, 0.15) is 32.1 Å². The van der Waals surface area contributed by atoms with Crippen molar-refractivity contribution >= 4 is 11.7 Å². The highest BCUT2D eigenvalue weighted by Gasteiger charge is 2.24. The second kappa shape index (κ2) is 9.12. The zero-order valence-corrected chi connectivity index (χ0v) is 15.6. The number of carbonyl (C=O) groups excluding carboxylic acids is 1. The lowest BCUT2D eigenvalue weighted by atomic mass is 10.00. The van der Waals surface area contributed by atoms with Gasteiger partial charge >= 0.3 is 0 Å². The molecule has 0 saturated carbocycles. The summed E-state index contributed by atoms with van der Waals surface area (Å²) in [7, 11) is 2.08. The first kappa shape index (κ1) is 18.8. The summed E-state index contributed by atoms with van der Waals surface area (Å²) in [6.07, 6.45) is 11.5. The van der Waals surface area contributed by atoms with E-state index in [2.05, 4.69) is 34.0 Å². The fourth-order valence-corrected chi connectivity index (χ4v) is 3.76. The molecule has 1 aliphatic carbocycles. The Hall–Kier alpha value is -1.95. The lowest BCUT2D eigenvalue weighted by Gasteiger charge is -2.37. The van der Waals surface area contributed by atoms with Crippen LogP contribution in [0, 0.1) is 5.82 Å². The van der Waals surface area contributed by atoms with E-state index >= 15 is 0 Å². The van der Waals surface area contributed by atoms with Gasteiger partial charge in [0.15, 0.2) is 0 Å². The molecule has 2 aliphatic rings. The van der Waals surface area contributed by atoms with Gasteiger partial charge in [0.05, 0.1) is 12.7 Å². The maximum Gasteiger partial charge on any atom is 0.236 e. The number of halogens is 1. The zero-order valence-electron chi connectivity index (χ0n) is 15.6. The average molecular weight is 360 g/mol. The summed E-state index contributed by atoms with van der Waals surface area (Å²) in [5.74, 6) is 0.658. The first-order chi connectivity index (χ1) is 12.6. The van der Waals surface area contributed by atoms with Crippen molar-refractivity contribution in [3.8, 4) is 0 Å². The molecule has 142 valence electrons. The Balaban J connectivity index is 1.47. The van der Waals surface area contributed by atoms with Gasteiger partial charge < -0.3 is 9.80 Å². The molecule has 0 unspecified atom stereocenters. The van der Waals surface area contributed by atoms with E-state index in [9.17, 15) is 9.18 Å². The van der Waals surface area contributed by atoms with Gasteiger partial charge in [0.2, 0.25) is 5.91 Å². The molecule has 0 aromatic carbocycles. The molecule has 3 rings (SSSR count). The number of hydrogen-bond acceptors (Lipinski definition) is 4. The van der Waals surface area contributed by atoms with Crippen LogP contribution >= 0.6 is 0 Å². The highest BCUT2D eigenvalue weighted by molar-refractivity contribution is 5.78. The smallest absolute Gasteiger partial charge is 0.236 e. The van der Waals surface area contributed by atoms with Gasteiger partial charge in [-0.3, -0.25) is 9.69 Å². The van der Waals surface area contributed by atoms with Gasteiger partial charge in [0.1, 0.15) is 11.6 Å². The highest BCUT2D eigenvalue weighted by Crippen LogP contribution is 2.18. The molecule has 1 atom stereocenters. The molecule has 0 spiro atoms. The molecule has 0 radical (unpaired) electrons. The molecule has 6 heteroatoms. The number of carbonyl (C=O) groups is 1. The lowest BCUT2D eigenvalue weighted by molar-refractivity contribution is -0.133. The third-order valence-corrected chi connectivity index (χ3v) is 5.42. The molecule has 1 aromatic rings. The van der Waals surface area contributed by atoms with E-state index in [1.54, 1.807) is 6.07 Å². The van der Waals surface area contributed by atoms with Crippen molar-refractivity contribution in [2.45, 2.75) is 38.1 Å². The molecular formula is C20H29FN4O. The molecule has 1 fully saturated rings. The largest absolute Gasteiger partial charge is 0.353 e. The summed E-state index contributed by atoms with van der Waals surface area (Å²) in [5, 5.41) is 0. The molecule has 5 nitrogen and oxygen atoms in total. The fourth-order valence-electron chi connectivity index (χ4n) is 3.76. The van der Waals surface area contributed by atoms with E-state index in [1.165, 1.54) is 18.7 Å². The molecule has 1 saturated heterocycles. The van der Waals surface area contributed by atoms with Gasteiger partial charge in [-0.15, -0.1) is 0 Å². The fraction of sp³-hybridized carbons (Fsp3) is 0.600. The second-order valence-electron chi connectivity index (χ2n) is 7.25. The van der Waals surface area contributed by atoms with Crippen LogP contribution in [0.25, 0.3) is 0 Å². The third-order valence-electron chi connectivity index (χ3n) is 5.42. The summed E-state index contributed by atoms with van der Waals surface area (Å²) in [6, 6.07) is 3.62. The van der Waals surface area contributed by atoms with Crippen molar-refractivity contribution < 1.29 is 9.18 Å². The molecule has 1 aliphatic heterocycles. The summed E-state index contributed by atoms with van der Waals surface area (Å²) < 4.78 is 13.0. The SMILES string of the molecule is CN(CC(=O)N1CCN(c2ccc(F)cn2)CC1)[C@@H]1CC/C=C\CCC1. The zero-order chi connectivity index (χ0) is 18.4. The maximum atomic E-state index is 13.0. The number of rotatable bonds is 4. The Morgan fingerprint density at radius 2 is 1.96 bits per heavy atom. The maximum absolute atomic E-state index is 13.0. The van der Waals surface area contributed by atoms with Crippen LogP contribution in [-0.4, -0.2) is 66.5 Å². The Bertz CT molecular complexity index is 611. The van der Waals surface area contributed by atoms with Crippen molar-refractivity contribution in [1.82, 2.24) is 14.8 Å². The summed E-state index contributed by atoms with van der Waals surface area (Å²) in [4.78, 5) is 23.1. The van der Waals surface area contributed by atoms with Gasteiger partial charge in [0.25, 0.3) is 0 Å². The quantitative estimate of drug-likeness (QED) is 0.774. The number of nitrogens with zero attached hydrogens (tertiary/aromatic N) is 4. The number of amides is 1. The van der Waals surface area contributed by atoms with Crippen LogP contribution in [0.3, 0.4) is 0 Å². The molecular weight excluding hydrogens is 331 g/mol. The van der Waals surface area contributed by atoms with Gasteiger partial charge in [-0.1, -0.05) is 12.2 Å². The van der Waals surface area contributed by atoms with E-state index in [0.717, 1.165) is 44.6 Å². The Kier molecular flexibility index (Phi) is 6.61. The standard InChI is InChI=1S/C20H29FN4O/c1-23(18-7-5-3-2-4-6-8-18)16-20(26)25-13-11-24(12-14-25)19-10-9-17(21)15-22-19/h2-3,9-10,15,18H,4-8,11-14,16H2,1H3/b3-2-/t18-/m1/s1. The second-order valence-corrected chi connectivity index (χ2v) is 7.25. The van der Waals surface area contributed by atoms with Crippen molar-refractivity contribution in [1.29, 1.82) is 0 Å². The van der Waals surface area contributed by atoms with Gasteiger partial charge in [-0.05, 0) is 51.3 Å². The van der Waals surface area contributed by atoms with E-state index in [4.69, 9.17) is 0 Å². The highest BCUT2D eigenvalue weighted by atomic mass is 19.1. The molecule has 1 aromatic heterocycles. The van der Waals surface area contributed by atoms with Gasteiger partial charge in [-0.25, -0.2) is 9.37 Å². The first-order valence-corrected chi connectivity index (χ1v) is 9.63. The Morgan fingerprint density at radius 3 is 2.69 bits per heavy atom. The molecule has 2 heterocycles. The van der Waals surface area contributed by atoms with Crippen molar-refractivity contribution in [2.24, 2.45) is 0 Å². The van der Waals surface area contributed by atoms with Crippen molar-refractivity contribution in [2.75, 3.05) is 44.7 Å². The van der Waals surface area contributed by atoms with Crippen LogP contribution in [0.2, 0.25) is 0 Å². The van der Waals surface area contributed by atoms with Crippen molar-refractivity contribution in [3.63, 3.8) is 0 Å². The van der Waals surface area contributed by atoms with Crippen LogP contribution in [0.4, 0.5) is 10.2 Å². The number of allylic oxidation sites excluding steroid dienone is 2. The molecule has 26 heavy (non-hydrogen) atoms. The normalized spacial score (nSPS) is 22.8. The van der Waals surface area contributed by atoms with Crippen LogP contribution in [-0.2, 0) is 4.79 Å². The number of aromatic nitrogens is 1. The third kappa shape index (κ3) is 5.04. The number of hydrogen-bond donors (Lipinski definition) is 0. The predicted molar refractivity (Wildman–Crippen MR) is 102 cm³/mol. The van der Waals surface area contributed by atoms with E-state index < -0.39 is 0 Å². The van der Waals surface area contributed by atoms with Gasteiger partial charge in [-0.2, -0.15) is 0 Å². The lowest BCUT2D eigenvalue weighted by Crippen LogP contribution is -2.52. The van der Waals surface area contributed by atoms with Gasteiger partial charge in [0, 0.05) is 32.2 Å². The minimum atomic E-state index is -0.324. The van der Waals surface area contributed by atoms with E-state index in [-0.39, 0.29) is 11.7 Å². The van der Waals surface area contributed by atoms with Crippen molar-refractivity contribution in [3.05, 3.63) is 36.3 Å². The molecule has 1 amide bonds. The average Bonchev–Trinajstić information content (AvgIpc) is 2.62. The first-order valence-electron chi connectivity index (χ1n) is 9.63. The monoisotopic (exact) mass is 360 g/mol.